The molecule has 7 nitrogen and oxygen atoms in total. The molecule has 170 valence electrons. The fourth-order valence-corrected chi connectivity index (χ4v) is 3.90. The fourth-order valence-electron chi connectivity index (χ4n) is 3.90. The van der Waals surface area contributed by atoms with E-state index in [0.717, 1.165) is 32.4 Å². The lowest BCUT2D eigenvalue weighted by atomic mass is 9.95. The first-order chi connectivity index (χ1) is 13.6. The fraction of sp³-hybridized carbons (Fsp3) is 0.600. The van der Waals surface area contributed by atoms with Gasteiger partial charge in [-0.2, -0.15) is 0 Å². The van der Waals surface area contributed by atoms with Crippen molar-refractivity contribution in [3.05, 3.63) is 24.0 Å². The van der Waals surface area contributed by atoms with E-state index in [1.54, 1.807) is 0 Å². The van der Waals surface area contributed by atoms with Crippen molar-refractivity contribution < 1.29 is 18.7 Å². The first-order valence-corrected chi connectivity index (χ1v) is 9.97. The summed E-state index contributed by atoms with van der Waals surface area (Å²) < 4.78 is 19.4. The first kappa shape index (κ1) is 26.6. The van der Waals surface area contributed by atoms with Gasteiger partial charge in [0, 0.05) is 37.7 Å². The van der Waals surface area contributed by atoms with Crippen LogP contribution >= 0.6 is 24.8 Å². The Morgan fingerprint density at radius 3 is 2.60 bits per heavy atom. The van der Waals surface area contributed by atoms with Gasteiger partial charge in [0.15, 0.2) is 0 Å². The molecule has 4 N–H and O–H groups in total. The number of anilines is 2. The van der Waals surface area contributed by atoms with Crippen molar-refractivity contribution in [1.82, 2.24) is 4.90 Å². The number of hydrogen-bond acceptors (Lipinski definition) is 5. The molecule has 0 bridgehead atoms. The molecule has 2 amide bonds. The lowest BCUT2D eigenvalue weighted by molar-refractivity contribution is -0.120. The second-order valence-electron chi connectivity index (χ2n) is 7.47. The van der Waals surface area contributed by atoms with Crippen molar-refractivity contribution in [1.29, 1.82) is 0 Å². The third-order valence-electron chi connectivity index (χ3n) is 5.57. The molecule has 1 aliphatic carbocycles. The largest absolute Gasteiger partial charge is 0.379 e. The van der Waals surface area contributed by atoms with Gasteiger partial charge in [-0.1, -0.05) is 6.42 Å². The molecule has 1 saturated heterocycles. The average Bonchev–Trinajstić information content (AvgIpc) is 3.19. The second-order valence-corrected chi connectivity index (χ2v) is 7.47. The van der Waals surface area contributed by atoms with E-state index in [2.05, 4.69) is 15.5 Å². The Labute approximate surface area is 189 Å². The molecular formula is C20H31Cl2FN4O3. The summed E-state index contributed by atoms with van der Waals surface area (Å²) in [5.41, 5.74) is 6.29. The van der Waals surface area contributed by atoms with Gasteiger partial charge in [-0.25, -0.2) is 4.39 Å². The van der Waals surface area contributed by atoms with E-state index in [-0.39, 0.29) is 60.6 Å². The Morgan fingerprint density at radius 2 is 1.90 bits per heavy atom. The van der Waals surface area contributed by atoms with Gasteiger partial charge in [-0.05, 0) is 43.5 Å². The van der Waals surface area contributed by atoms with Gasteiger partial charge in [0.25, 0.3) is 0 Å². The summed E-state index contributed by atoms with van der Waals surface area (Å²) in [5, 5.41) is 5.45. The number of hydrogen-bond donors (Lipinski definition) is 3. The van der Waals surface area contributed by atoms with E-state index in [9.17, 15) is 14.0 Å². The predicted molar refractivity (Wildman–Crippen MR) is 120 cm³/mol. The van der Waals surface area contributed by atoms with Crippen LogP contribution in [0.15, 0.2) is 18.2 Å². The zero-order valence-electron chi connectivity index (χ0n) is 16.9. The Kier molecular flexibility index (Phi) is 11.6. The second kappa shape index (κ2) is 13.1. The lowest BCUT2D eigenvalue weighted by Gasteiger charge is -2.26. The topological polar surface area (TPSA) is 96.7 Å². The number of nitrogens with two attached hydrogens (primary N) is 1. The minimum atomic E-state index is -0.529. The van der Waals surface area contributed by atoms with Crippen LogP contribution < -0.4 is 16.4 Å². The molecule has 2 atom stereocenters. The molecular weight excluding hydrogens is 434 g/mol. The number of amides is 2. The van der Waals surface area contributed by atoms with Crippen molar-refractivity contribution in [3.63, 3.8) is 0 Å². The molecule has 1 aromatic carbocycles. The molecule has 30 heavy (non-hydrogen) atoms. The number of nitrogens with zero attached hydrogens (tertiary/aromatic N) is 1. The minimum absolute atomic E-state index is 0. The normalized spacial score (nSPS) is 21.3. The number of rotatable bonds is 7. The SMILES string of the molecule is Cl.Cl.NC[C@H]1CCC[C@H]1C(=O)Nc1ccc(F)c(NC(=O)CCN2CCOCC2)c1. The zero-order valence-corrected chi connectivity index (χ0v) is 18.5. The number of nitrogens with one attached hydrogen (secondary N) is 2. The molecule has 1 aromatic rings. The van der Waals surface area contributed by atoms with Gasteiger partial charge in [0.05, 0.1) is 18.9 Å². The van der Waals surface area contributed by atoms with Crippen LogP contribution in [-0.2, 0) is 14.3 Å². The monoisotopic (exact) mass is 464 g/mol. The number of carbonyl (C=O) groups excluding carboxylic acids is 2. The third kappa shape index (κ3) is 7.35. The molecule has 2 fully saturated rings. The van der Waals surface area contributed by atoms with Gasteiger partial charge in [0.2, 0.25) is 11.8 Å². The molecule has 3 rings (SSSR count). The Balaban J connectivity index is 0.00000225. The van der Waals surface area contributed by atoms with Crippen LogP contribution in [0.3, 0.4) is 0 Å². The smallest absolute Gasteiger partial charge is 0.227 e. The van der Waals surface area contributed by atoms with E-state index in [4.69, 9.17) is 10.5 Å². The maximum Gasteiger partial charge on any atom is 0.227 e. The van der Waals surface area contributed by atoms with Gasteiger partial charge in [-0.3, -0.25) is 14.5 Å². The van der Waals surface area contributed by atoms with Gasteiger partial charge < -0.3 is 21.1 Å². The maximum atomic E-state index is 14.1. The van der Waals surface area contributed by atoms with E-state index >= 15 is 0 Å². The molecule has 10 heteroatoms. The lowest BCUT2D eigenvalue weighted by Crippen LogP contribution is -2.38. The Bertz CT molecular complexity index is 705. The predicted octanol–water partition coefficient (Wildman–Crippen LogP) is 2.64. The average molecular weight is 465 g/mol. The number of ether oxygens (including phenoxy) is 1. The van der Waals surface area contributed by atoms with Crippen LogP contribution in [0, 0.1) is 17.7 Å². The standard InChI is InChI=1S/C20H29FN4O3.2ClH/c21-17-5-4-15(23-20(27)16-3-1-2-14(16)13-22)12-18(17)24-19(26)6-7-25-8-10-28-11-9-25;;/h4-5,12,14,16H,1-3,6-11,13,22H2,(H,23,27)(H,24,26);2*1H/t14-,16-;;/m1../s1. The highest BCUT2D eigenvalue weighted by atomic mass is 35.5. The summed E-state index contributed by atoms with van der Waals surface area (Å²) in [6, 6.07) is 4.22. The van der Waals surface area contributed by atoms with Crippen LogP contribution in [0.2, 0.25) is 0 Å². The number of benzene rings is 1. The summed E-state index contributed by atoms with van der Waals surface area (Å²) in [6.45, 7) is 4.04. The zero-order chi connectivity index (χ0) is 19.9. The summed E-state index contributed by atoms with van der Waals surface area (Å²) in [7, 11) is 0. The highest BCUT2D eigenvalue weighted by Gasteiger charge is 2.32. The first-order valence-electron chi connectivity index (χ1n) is 9.97. The van der Waals surface area contributed by atoms with Crippen molar-refractivity contribution in [3.8, 4) is 0 Å². The van der Waals surface area contributed by atoms with E-state index in [1.165, 1.54) is 18.2 Å². The van der Waals surface area contributed by atoms with Gasteiger partial charge in [-0.15, -0.1) is 24.8 Å². The molecule has 2 aliphatic rings. The Hall–Kier alpha value is -1.45. The van der Waals surface area contributed by atoms with Crippen LogP contribution in [0.1, 0.15) is 25.7 Å². The highest BCUT2D eigenvalue weighted by Crippen LogP contribution is 2.32. The molecule has 0 aromatic heterocycles. The number of carbonyl (C=O) groups is 2. The van der Waals surface area contributed by atoms with Gasteiger partial charge in [0.1, 0.15) is 5.82 Å². The molecule has 1 aliphatic heterocycles. The number of halogens is 3. The van der Waals surface area contributed by atoms with Crippen LogP contribution in [0.5, 0.6) is 0 Å². The summed E-state index contributed by atoms with van der Waals surface area (Å²) in [5.74, 6) is -0.795. The minimum Gasteiger partial charge on any atom is -0.379 e. The Morgan fingerprint density at radius 1 is 1.17 bits per heavy atom. The molecule has 1 heterocycles. The molecule has 0 radical (unpaired) electrons. The van der Waals surface area contributed by atoms with E-state index in [0.29, 0.717) is 32.0 Å². The van der Waals surface area contributed by atoms with Crippen LogP contribution in [0.4, 0.5) is 15.8 Å². The quantitative estimate of drug-likeness (QED) is 0.576. The molecule has 0 spiro atoms. The number of morpholine rings is 1. The summed E-state index contributed by atoms with van der Waals surface area (Å²) in [4.78, 5) is 26.9. The summed E-state index contributed by atoms with van der Waals surface area (Å²) >= 11 is 0. The van der Waals surface area contributed by atoms with E-state index in [1.807, 2.05) is 0 Å². The molecule has 0 unspecified atom stereocenters. The van der Waals surface area contributed by atoms with Gasteiger partial charge >= 0.3 is 0 Å². The van der Waals surface area contributed by atoms with Crippen molar-refractivity contribution in [2.45, 2.75) is 25.7 Å². The van der Waals surface area contributed by atoms with Crippen molar-refractivity contribution in [2.75, 3.05) is 50.0 Å². The van der Waals surface area contributed by atoms with Crippen LogP contribution in [-0.4, -0.2) is 56.1 Å². The third-order valence-corrected chi connectivity index (χ3v) is 5.57. The maximum absolute atomic E-state index is 14.1. The van der Waals surface area contributed by atoms with Crippen molar-refractivity contribution in [2.24, 2.45) is 17.6 Å². The van der Waals surface area contributed by atoms with E-state index < -0.39 is 5.82 Å². The van der Waals surface area contributed by atoms with Crippen LogP contribution in [0.25, 0.3) is 0 Å². The molecule has 1 saturated carbocycles. The highest BCUT2D eigenvalue weighted by molar-refractivity contribution is 5.95. The summed E-state index contributed by atoms with van der Waals surface area (Å²) in [6.07, 6.45) is 3.05. The van der Waals surface area contributed by atoms with Crippen molar-refractivity contribution >= 4 is 48.0 Å².